The van der Waals surface area contributed by atoms with Crippen molar-refractivity contribution < 1.29 is 38.1 Å². The zero-order chi connectivity index (χ0) is 37.6. The van der Waals surface area contributed by atoms with Crippen LogP contribution < -0.4 is 0 Å². The molecule has 0 aromatic heterocycles. The minimum Gasteiger partial charge on any atom is -0.454 e. The second-order valence-corrected chi connectivity index (χ2v) is 12.3. The van der Waals surface area contributed by atoms with Gasteiger partial charge in [-0.2, -0.15) is 0 Å². The van der Waals surface area contributed by atoms with Gasteiger partial charge in [0.05, 0.1) is 23.3 Å². The van der Waals surface area contributed by atoms with Crippen LogP contribution in [0.15, 0.2) is 182 Å². The molecule has 0 aliphatic rings. The van der Waals surface area contributed by atoms with Gasteiger partial charge in [0.15, 0.2) is 12.2 Å². The van der Waals surface area contributed by atoms with E-state index in [0.717, 1.165) is 16.7 Å². The van der Waals surface area contributed by atoms with Crippen LogP contribution in [-0.2, 0) is 29.3 Å². The van der Waals surface area contributed by atoms with Crippen molar-refractivity contribution in [3.05, 3.63) is 215 Å². The fourth-order valence-electron chi connectivity index (χ4n) is 6.23. The summed E-state index contributed by atoms with van der Waals surface area (Å²) in [5.74, 6) is -2.29. The van der Waals surface area contributed by atoms with E-state index in [1.807, 2.05) is 91.0 Å². The van der Waals surface area contributed by atoms with Crippen LogP contribution in [0, 0.1) is 0 Å². The molecule has 0 fully saturated rings. The molecule has 270 valence electrons. The van der Waals surface area contributed by atoms with E-state index >= 15 is 0 Å². The molecule has 0 radical (unpaired) electrons. The Bertz CT molecular complexity index is 2000. The molecule has 3 unspecified atom stereocenters. The fourth-order valence-corrected chi connectivity index (χ4v) is 6.23. The Labute approximate surface area is 313 Å². The van der Waals surface area contributed by atoms with Crippen LogP contribution in [0.3, 0.4) is 0 Å². The second-order valence-electron chi connectivity index (χ2n) is 12.3. The first-order valence-corrected chi connectivity index (χ1v) is 17.5. The van der Waals surface area contributed by atoms with Crippen molar-refractivity contribution in [3.63, 3.8) is 0 Å². The third-order valence-corrected chi connectivity index (χ3v) is 8.85. The van der Waals surface area contributed by atoms with E-state index in [9.17, 15) is 19.2 Å². The van der Waals surface area contributed by atoms with E-state index in [1.54, 1.807) is 91.0 Å². The van der Waals surface area contributed by atoms with Gasteiger partial charge >= 0.3 is 17.9 Å². The highest BCUT2D eigenvalue weighted by molar-refractivity contribution is 5.91. The van der Waals surface area contributed by atoms with Crippen LogP contribution in [0.1, 0.15) is 54.2 Å². The van der Waals surface area contributed by atoms with Crippen molar-refractivity contribution in [2.24, 2.45) is 0 Å². The summed E-state index contributed by atoms with van der Waals surface area (Å²) in [6.07, 6.45) is -4.13. The second kappa shape index (κ2) is 18.2. The smallest absolute Gasteiger partial charge is 0.338 e. The molecule has 0 heterocycles. The lowest BCUT2D eigenvalue weighted by molar-refractivity contribution is -0.129. The summed E-state index contributed by atoms with van der Waals surface area (Å²) in [5, 5.41) is 0. The lowest BCUT2D eigenvalue weighted by Crippen LogP contribution is -2.49. The summed E-state index contributed by atoms with van der Waals surface area (Å²) < 4.78 is 25.4. The van der Waals surface area contributed by atoms with E-state index in [-0.39, 0.29) is 29.7 Å². The first-order valence-electron chi connectivity index (χ1n) is 17.5. The van der Waals surface area contributed by atoms with Gasteiger partial charge in [0.1, 0.15) is 18.0 Å². The predicted molar refractivity (Wildman–Crippen MR) is 203 cm³/mol. The van der Waals surface area contributed by atoms with Gasteiger partial charge in [-0.05, 0) is 53.1 Å². The van der Waals surface area contributed by atoms with Gasteiger partial charge in [0, 0.05) is 6.42 Å². The van der Waals surface area contributed by atoms with Crippen LogP contribution in [0.5, 0.6) is 0 Å². The molecule has 6 aromatic carbocycles. The average Bonchev–Trinajstić information content (AvgIpc) is 3.24. The molecular weight excluding hydrogens is 680 g/mol. The van der Waals surface area contributed by atoms with Crippen molar-refractivity contribution >= 4 is 24.2 Å². The van der Waals surface area contributed by atoms with Crippen molar-refractivity contribution in [2.75, 3.05) is 6.61 Å². The molecular formula is C46H38O8. The van der Waals surface area contributed by atoms with Crippen molar-refractivity contribution in [3.8, 4) is 0 Å². The summed E-state index contributed by atoms with van der Waals surface area (Å²) in [5.41, 5.74) is 1.69. The van der Waals surface area contributed by atoms with Crippen LogP contribution in [0.25, 0.3) is 0 Å². The molecule has 54 heavy (non-hydrogen) atoms. The number of esters is 3. The Morgan fingerprint density at radius 3 is 1.11 bits per heavy atom. The zero-order valence-electron chi connectivity index (χ0n) is 29.3. The molecule has 8 nitrogen and oxygen atoms in total. The molecule has 6 rings (SSSR count). The number of hydrogen-bond acceptors (Lipinski definition) is 8. The number of carbonyl (C=O) groups excluding carboxylic acids is 4. The minimum atomic E-state index is -1.51. The van der Waals surface area contributed by atoms with Crippen molar-refractivity contribution in [2.45, 2.75) is 30.3 Å². The molecule has 0 amide bonds. The number of rotatable bonds is 16. The largest absolute Gasteiger partial charge is 0.454 e. The van der Waals surface area contributed by atoms with E-state index in [1.165, 1.54) is 0 Å². The fraction of sp³-hybridized carbons (Fsp3) is 0.130. The van der Waals surface area contributed by atoms with E-state index in [2.05, 4.69) is 0 Å². The third kappa shape index (κ3) is 8.86. The molecule has 0 N–H and O–H groups in total. The van der Waals surface area contributed by atoms with Crippen LogP contribution in [0.2, 0.25) is 0 Å². The maximum Gasteiger partial charge on any atom is 0.338 e. The maximum absolute atomic E-state index is 13.9. The van der Waals surface area contributed by atoms with Gasteiger partial charge in [0.2, 0.25) is 0 Å². The van der Waals surface area contributed by atoms with Gasteiger partial charge in [-0.25, -0.2) is 14.4 Å². The molecule has 0 bridgehead atoms. The number of hydrogen-bond donors (Lipinski definition) is 0. The van der Waals surface area contributed by atoms with Crippen LogP contribution in [-0.4, -0.2) is 49.1 Å². The average molecular weight is 719 g/mol. The van der Waals surface area contributed by atoms with Gasteiger partial charge in [-0.1, -0.05) is 146 Å². The summed E-state index contributed by atoms with van der Waals surface area (Å²) in [6, 6.07) is 53.5. The predicted octanol–water partition coefficient (Wildman–Crippen LogP) is 8.26. The van der Waals surface area contributed by atoms with Crippen LogP contribution in [0.4, 0.5) is 0 Å². The minimum absolute atomic E-state index is 0.197. The summed E-state index contributed by atoms with van der Waals surface area (Å²) in [6.45, 7) is -0.373. The highest BCUT2D eigenvalue weighted by Crippen LogP contribution is 2.41. The lowest BCUT2D eigenvalue weighted by atomic mass is 9.80. The third-order valence-electron chi connectivity index (χ3n) is 8.85. The van der Waals surface area contributed by atoms with Gasteiger partial charge in [-0.3, -0.25) is 0 Å². The monoisotopic (exact) mass is 718 g/mol. The topological polar surface area (TPSA) is 105 Å². The SMILES string of the molecule is O=CCC(OC(=O)c1ccccc1)C(OC(=O)c1ccccc1)C(COC(c1ccccc1)(c1ccccc1)c1ccccc1)OC(=O)c1ccccc1. The molecule has 0 saturated carbocycles. The molecule has 0 spiro atoms. The Balaban J connectivity index is 1.48. The Kier molecular flexibility index (Phi) is 12.5. The van der Waals surface area contributed by atoms with Crippen molar-refractivity contribution in [1.82, 2.24) is 0 Å². The number of ether oxygens (including phenoxy) is 4. The highest BCUT2D eigenvalue weighted by Gasteiger charge is 2.43. The molecule has 6 aromatic rings. The van der Waals surface area contributed by atoms with E-state index < -0.39 is 41.8 Å². The first kappa shape index (κ1) is 37.1. The highest BCUT2D eigenvalue weighted by atomic mass is 16.6. The molecule has 0 aliphatic heterocycles. The normalized spacial score (nSPS) is 12.7. The quantitative estimate of drug-likeness (QED) is 0.0427. The van der Waals surface area contributed by atoms with E-state index in [0.29, 0.717) is 6.29 Å². The molecule has 8 heteroatoms. The summed E-state index contributed by atoms with van der Waals surface area (Å²) in [7, 11) is 0. The van der Waals surface area contributed by atoms with Gasteiger partial charge < -0.3 is 23.7 Å². The molecule has 0 aliphatic carbocycles. The first-order chi connectivity index (χ1) is 26.5. The summed E-state index contributed by atoms with van der Waals surface area (Å²) >= 11 is 0. The van der Waals surface area contributed by atoms with E-state index in [4.69, 9.17) is 18.9 Å². The Morgan fingerprint density at radius 2 is 0.759 bits per heavy atom. The Hall–Kier alpha value is -6.64. The van der Waals surface area contributed by atoms with Crippen LogP contribution >= 0.6 is 0 Å². The standard InChI is InChI=1S/C46H38O8/c47-32-31-40(52-43(48)34-19-7-1-8-20-34)42(54-45(50)36-23-11-3-12-24-36)41(53-44(49)35-21-9-2-10-22-35)33-51-46(37-25-13-4-14-26-37,38-27-15-5-16-28-38)39-29-17-6-18-30-39/h1-30,32,40-42H,31,33H2. The summed E-state index contributed by atoms with van der Waals surface area (Å²) in [4.78, 5) is 53.5. The van der Waals surface area contributed by atoms with Gasteiger partial charge in [0.25, 0.3) is 0 Å². The molecule has 3 atom stereocenters. The number of carbonyl (C=O) groups is 4. The zero-order valence-corrected chi connectivity index (χ0v) is 29.3. The maximum atomic E-state index is 13.9. The lowest BCUT2D eigenvalue weighted by Gasteiger charge is -2.38. The Morgan fingerprint density at radius 1 is 0.444 bits per heavy atom. The molecule has 0 saturated heterocycles. The van der Waals surface area contributed by atoms with Crippen molar-refractivity contribution in [1.29, 1.82) is 0 Å². The number of benzene rings is 6. The number of aldehydes is 1. The van der Waals surface area contributed by atoms with Gasteiger partial charge in [-0.15, -0.1) is 0 Å².